The summed E-state index contributed by atoms with van der Waals surface area (Å²) in [5.74, 6) is -0.0955. The molecular formula is C29H27ClN6O2S. The molecule has 4 aromatic rings. The predicted octanol–water partition coefficient (Wildman–Crippen LogP) is 5.39. The van der Waals surface area contributed by atoms with E-state index >= 15 is 0 Å². The summed E-state index contributed by atoms with van der Waals surface area (Å²) in [7, 11) is 0. The van der Waals surface area contributed by atoms with Gasteiger partial charge in [0.25, 0.3) is 5.91 Å². The van der Waals surface area contributed by atoms with Crippen LogP contribution in [0, 0.1) is 16.7 Å². The maximum Gasteiger partial charge on any atom is 0.327 e. The van der Waals surface area contributed by atoms with Crippen molar-refractivity contribution in [2.24, 2.45) is 5.41 Å². The van der Waals surface area contributed by atoms with E-state index in [4.69, 9.17) is 11.6 Å². The number of benzene rings is 1. The van der Waals surface area contributed by atoms with Crippen molar-refractivity contribution in [3.63, 3.8) is 0 Å². The number of amides is 3. The first kappa shape index (κ1) is 24.6. The molecule has 3 aliphatic heterocycles. The van der Waals surface area contributed by atoms with Gasteiger partial charge in [-0.05, 0) is 69.1 Å². The number of nitriles is 1. The Labute approximate surface area is 234 Å². The number of rotatable bonds is 5. The van der Waals surface area contributed by atoms with E-state index < -0.39 is 5.41 Å². The normalized spacial score (nSPS) is 20.8. The summed E-state index contributed by atoms with van der Waals surface area (Å²) in [5.41, 5.74) is 3.44. The van der Waals surface area contributed by atoms with E-state index in [0.29, 0.717) is 18.1 Å². The van der Waals surface area contributed by atoms with E-state index in [1.807, 2.05) is 24.3 Å². The number of aromatic nitrogens is 2. The van der Waals surface area contributed by atoms with Crippen LogP contribution in [-0.2, 0) is 17.9 Å². The van der Waals surface area contributed by atoms with E-state index in [1.54, 1.807) is 22.4 Å². The largest absolute Gasteiger partial charge is 0.345 e. The molecule has 0 radical (unpaired) electrons. The number of urea groups is 1. The van der Waals surface area contributed by atoms with Gasteiger partial charge in [-0.25, -0.2) is 4.79 Å². The third-order valence-corrected chi connectivity index (χ3v) is 9.80. The number of carbonyl (C=O) groups excluding carboxylic acids is 2. The first-order chi connectivity index (χ1) is 19.0. The number of hydrogen-bond donors (Lipinski definition) is 1. The van der Waals surface area contributed by atoms with Gasteiger partial charge in [-0.1, -0.05) is 11.6 Å². The van der Waals surface area contributed by atoms with Crippen LogP contribution in [0.3, 0.4) is 0 Å². The lowest BCUT2D eigenvalue weighted by Gasteiger charge is -2.32. The number of halogens is 1. The molecule has 0 saturated carbocycles. The number of nitrogens with one attached hydrogen (secondary N) is 1. The zero-order valence-corrected chi connectivity index (χ0v) is 22.9. The van der Waals surface area contributed by atoms with Gasteiger partial charge in [0.1, 0.15) is 6.04 Å². The van der Waals surface area contributed by atoms with E-state index in [0.717, 1.165) is 75.9 Å². The molecule has 198 valence electrons. The fourth-order valence-corrected chi connectivity index (χ4v) is 7.80. The average Bonchev–Trinajstić information content (AvgIpc) is 3.72. The van der Waals surface area contributed by atoms with E-state index in [1.165, 1.54) is 4.90 Å². The highest BCUT2D eigenvalue weighted by Gasteiger charge is 2.47. The molecule has 3 fully saturated rings. The van der Waals surface area contributed by atoms with Crippen LogP contribution in [0.2, 0.25) is 5.02 Å². The van der Waals surface area contributed by atoms with Gasteiger partial charge in [-0.2, -0.15) is 5.26 Å². The number of thiophene rings is 1. The van der Waals surface area contributed by atoms with Crippen molar-refractivity contribution in [2.75, 3.05) is 19.6 Å². The fraction of sp³-hybridized carbons (Fsp3) is 0.379. The highest BCUT2D eigenvalue weighted by Crippen LogP contribution is 2.41. The minimum Gasteiger partial charge on any atom is -0.345 e. The maximum atomic E-state index is 12.9. The summed E-state index contributed by atoms with van der Waals surface area (Å²) < 4.78 is 3.19. The summed E-state index contributed by atoms with van der Waals surface area (Å²) in [6.07, 6.45) is 7.10. The highest BCUT2D eigenvalue weighted by molar-refractivity contribution is 7.19. The molecule has 39 heavy (non-hydrogen) atoms. The quantitative estimate of drug-likeness (QED) is 0.331. The second kappa shape index (κ2) is 9.33. The second-order valence-electron chi connectivity index (χ2n) is 10.8. The molecule has 8 nitrogen and oxygen atoms in total. The summed E-state index contributed by atoms with van der Waals surface area (Å²) in [6.45, 7) is 3.21. The van der Waals surface area contributed by atoms with Gasteiger partial charge in [0.15, 0.2) is 0 Å². The topological polar surface area (TPSA) is 94.3 Å². The molecule has 3 aliphatic rings. The van der Waals surface area contributed by atoms with Crippen LogP contribution in [0.25, 0.3) is 32.2 Å². The summed E-state index contributed by atoms with van der Waals surface area (Å²) in [6, 6.07) is 12.1. The molecule has 10 heteroatoms. The molecule has 0 aliphatic carbocycles. The smallest absolute Gasteiger partial charge is 0.327 e. The standard InChI is InChI=1S/C29H27ClN6O2S/c30-19-12-18-4-11-34(17-29(16-31)5-8-32-9-6-29)25(18)22(13-19)21-3-7-33-23-14-20(39-26(21)23)15-36-27(37)24-2-1-10-35(24)28(36)38/h3-4,7,11-14,24,32H,1-2,5-6,8-10,15,17H2/t24-/m1/s1. The average molecular weight is 559 g/mol. The molecule has 1 atom stereocenters. The van der Waals surface area contributed by atoms with Crippen molar-refractivity contribution in [1.29, 1.82) is 5.26 Å². The van der Waals surface area contributed by atoms with Gasteiger partial charge in [0.05, 0.1) is 33.8 Å². The third kappa shape index (κ3) is 4.01. The lowest BCUT2D eigenvalue weighted by molar-refractivity contribution is -0.128. The minimum atomic E-state index is -0.416. The first-order valence-electron chi connectivity index (χ1n) is 13.4. The number of carbonyl (C=O) groups is 2. The zero-order chi connectivity index (χ0) is 26.7. The molecule has 6 heterocycles. The molecule has 0 unspecified atom stereocenters. The molecule has 7 rings (SSSR count). The van der Waals surface area contributed by atoms with Crippen molar-refractivity contribution in [3.8, 4) is 17.2 Å². The van der Waals surface area contributed by atoms with Crippen LogP contribution in [0.1, 0.15) is 30.6 Å². The fourth-order valence-electron chi connectivity index (χ4n) is 6.45. The second-order valence-corrected chi connectivity index (χ2v) is 12.4. The van der Waals surface area contributed by atoms with Crippen molar-refractivity contribution >= 4 is 56.0 Å². The summed E-state index contributed by atoms with van der Waals surface area (Å²) in [4.78, 5) is 34.4. The molecule has 0 spiro atoms. The lowest BCUT2D eigenvalue weighted by Crippen LogP contribution is -2.38. The van der Waals surface area contributed by atoms with Crippen molar-refractivity contribution in [3.05, 3.63) is 52.6 Å². The number of nitrogens with zero attached hydrogens (tertiary/aromatic N) is 5. The van der Waals surface area contributed by atoms with E-state index in [2.05, 4.69) is 33.2 Å². The van der Waals surface area contributed by atoms with Gasteiger partial charge in [-0.3, -0.25) is 14.7 Å². The molecule has 3 aromatic heterocycles. The number of pyridine rings is 1. The Balaban J connectivity index is 1.29. The highest BCUT2D eigenvalue weighted by atomic mass is 35.5. The van der Waals surface area contributed by atoms with Gasteiger partial charge >= 0.3 is 6.03 Å². The maximum absolute atomic E-state index is 12.9. The predicted molar refractivity (Wildman–Crippen MR) is 151 cm³/mol. The van der Waals surface area contributed by atoms with Crippen LogP contribution >= 0.6 is 22.9 Å². The zero-order valence-electron chi connectivity index (χ0n) is 21.3. The van der Waals surface area contributed by atoms with Gasteiger partial charge in [0.2, 0.25) is 0 Å². The monoisotopic (exact) mass is 558 g/mol. The molecular weight excluding hydrogens is 532 g/mol. The van der Waals surface area contributed by atoms with Crippen LogP contribution in [0.15, 0.2) is 42.7 Å². The van der Waals surface area contributed by atoms with Crippen molar-refractivity contribution in [2.45, 2.75) is 44.8 Å². The summed E-state index contributed by atoms with van der Waals surface area (Å²) in [5, 5.41) is 15.2. The Morgan fingerprint density at radius 1 is 1.18 bits per heavy atom. The molecule has 1 aromatic carbocycles. The van der Waals surface area contributed by atoms with Crippen LogP contribution in [0.4, 0.5) is 4.79 Å². The number of imide groups is 1. The molecule has 3 amide bonds. The Morgan fingerprint density at radius 3 is 2.82 bits per heavy atom. The SMILES string of the molecule is N#CC1(Cn2ccc3cc(Cl)cc(-c4ccnc5cc(CN6C(=O)[C@H]7CCCN7C6=O)sc45)c32)CCNCC1. The van der Waals surface area contributed by atoms with Gasteiger partial charge < -0.3 is 14.8 Å². The van der Waals surface area contributed by atoms with Crippen molar-refractivity contribution < 1.29 is 9.59 Å². The Morgan fingerprint density at radius 2 is 2.03 bits per heavy atom. The van der Waals surface area contributed by atoms with Crippen LogP contribution in [0.5, 0.6) is 0 Å². The van der Waals surface area contributed by atoms with Crippen molar-refractivity contribution in [1.82, 2.24) is 24.7 Å². The lowest BCUT2D eigenvalue weighted by atomic mass is 9.80. The first-order valence-corrected chi connectivity index (χ1v) is 14.6. The van der Waals surface area contributed by atoms with Crippen LogP contribution in [-0.4, -0.2) is 57.0 Å². The van der Waals surface area contributed by atoms with Gasteiger partial charge in [0, 0.05) is 51.9 Å². The number of fused-ring (bicyclic) bond motifs is 3. The van der Waals surface area contributed by atoms with Gasteiger partial charge in [-0.15, -0.1) is 11.3 Å². The minimum absolute atomic E-state index is 0.0955. The van der Waals surface area contributed by atoms with E-state index in [-0.39, 0.29) is 24.5 Å². The Hall–Kier alpha value is -3.45. The Kier molecular flexibility index (Phi) is 5.88. The third-order valence-electron chi connectivity index (χ3n) is 8.44. The van der Waals surface area contributed by atoms with Crippen LogP contribution < -0.4 is 5.32 Å². The molecule has 3 saturated heterocycles. The Bertz CT molecular complexity index is 1660. The molecule has 1 N–H and O–H groups in total. The van der Waals surface area contributed by atoms with E-state index in [9.17, 15) is 14.9 Å². The number of piperidine rings is 1. The summed E-state index contributed by atoms with van der Waals surface area (Å²) >= 11 is 8.17. The molecule has 0 bridgehead atoms. The number of hydrogen-bond acceptors (Lipinski definition) is 6.